The molecular weight excluding hydrogens is 362 g/mol. The van der Waals surface area contributed by atoms with Crippen LogP contribution in [0.5, 0.6) is 5.75 Å². The molecule has 7 nitrogen and oxygen atoms in total. The first-order chi connectivity index (χ1) is 13.3. The lowest BCUT2D eigenvalue weighted by atomic mass is 9.92. The molecule has 0 aliphatic carbocycles. The smallest absolute Gasteiger partial charge is 0.338 e. The van der Waals surface area contributed by atoms with Gasteiger partial charge in [-0.05, 0) is 30.2 Å². The van der Waals surface area contributed by atoms with E-state index in [0.717, 1.165) is 0 Å². The molecular formula is C21H23NO6. The molecule has 0 saturated heterocycles. The van der Waals surface area contributed by atoms with E-state index < -0.39 is 11.9 Å². The summed E-state index contributed by atoms with van der Waals surface area (Å²) in [6.07, 6.45) is 0. The standard InChI is InChI=1S/C21H23NO6/c1-12(2)11-22-19(23)13-8-9-14(16(10-13)21(26)28-4)18-15(20(24)25)6-5-7-17(18)27-3/h5-10,12H,11H2,1-4H3,(H,22,23)(H,24,25). The van der Waals surface area contributed by atoms with E-state index in [9.17, 15) is 19.5 Å². The summed E-state index contributed by atoms with van der Waals surface area (Å²) in [6.45, 7) is 4.43. The molecule has 0 bridgehead atoms. The number of ether oxygens (including phenoxy) is 2. The molecule has 0 aliphatic heterocycles. The van der Waals surface area contributed by atoms with Crippen molar-refractivity contribution in [1.29, 1.82) is 0 Å². The third-order valence-electron chi connectivity index (χ3n) is 4.10. The van der Waals surface area contributed by atoms with Gasteiger partial charge in [-0.2, -0.15) is 0 Å². The maximum atomic E-state index is 12.4. The number of hydrogen-bond acceptors (Lipinski definition) is 5. The lowest BCUT2D eigenvalue weighted by molar-refractivity contribution is 0.0600. The minimum atomic E-state index is -1.16. The van der Waals surface area contributed by atoms with Gasteiger partial charge in [-0.3, -0.25) is 4.79 Å². The van der Waals surface area contributed by atoms with Crippen LogP contribution < -0.4 is 10.1 Å². The Balaban J connectivity index is 2.65. The summed E-state index contributed by atoms with van der Waals surface area (Å²) in [7, 11) is 2.63. The quantitative estimate of drug-likeness (QED) is 0.710. The third-order valence-corrected chi connectivity index (χ3v) is 4.10. The Kier molecular flexibility index (Phi) is 6.76. The topological polar surface area (TPSA) is 102 Å². The van der Waals surface area contributed by atoms with Gasteiger partial charge in [0.15, 0.2) is 0 Å². The zero-order chi connectivity index (χ0) is 20.8. The summed E-state index contributed by atoms with van der Waals surface area (Å²) in [5, 5.41) is 12.3. The summed E-state index contributed by atoms with van der Waals surface area (Å²) in [6, 6.07) is 9.04. The van der Waals surface area contributed by atoms with Crippen LogP contribution in [-0.4, -0.2) is 43.7 Å². The van der Waals surface area contributed by atoms with E-state index in [0.29, 0.717) is 17.9 Å². The second-order valence-electron chi connectivity index (χ2n) is 6.54. The molecule has 0 unspecified atom stereocenters. The molecule has 0 fully saturated rings. The highest BCUT2D eigenvalue weighted by atomic mass is 16.5. The number of carboxylic acid groups (broad SMARTS) is 1. The predicted molar refractivity (Wildman–Crippen MR) is 104 cm³/mol. The van der Waals surface area contributed by atoms with E-state index in [1.807, 2.05) is 13.8 Å². The van der Waals surface area contributed by atoms with Gasteiger partial charge in [-0.25, -0.2) is 9.59 Å². The zero-order valence-electron chi connectivity index (χ0n) is 16.2. The molecule has 0 aromatic heterocycles. The van der Waals surface area contributed by atoms with Crippen molar-refractivity contribution < 1.29 is 29.0 Å². The van der Waals surface area contributed by atoms with Crippen molar-refractivity contribution in [2.24, 2.45) is 5.92 Å². The second-order valence-corrected chi connectivity index (χ2v) is 6.54. The highest BCUT2D eigenvalue weighted by Gasteiger charge is 2.23. The van der Waals surface area contributed by atoms with Crippen molar-refractivity contribution in [1.82, 2.24) is 5.32 Å². The monoisotopic (exact) mass is 385 g/mol. The Labute approximate surface area is 163 Å². The Morgan fingerprint density at radius 3 is 2.36 bits per heavy atom. The fourth-order valence-electron chi connectivity index (χ4n) is 2.74. The average molecular weight is 385 g/mol. The van der Waals surface area contributed by atoms with Gasteiger partial charge in [0.2, 0.25) is 0 Å². The molecule has 0 radical (unpaired) electrons. The fraction of sp³-hybridized carbons (Fsp3) is 0.286. The molecule has 2 rings (SSSR count). The number of methoxy groups -OCH3 is 2. The van der Waals surface area contributed by atoms with Crippen LogP contribution in [-0.2, 0) is 4.74 Å². The minimum absolute atomic E-state index is 0.0264. The van der Waals surface area contributed by atoms with Crippen LogP contribution in [0, 0.1) is 5.92 Å². The molecule has 2 N–H and O–H groups in total. The van der Waals surface area contributed by atoms with Gasteiger partial charge in [0.1, 0.15) is 5.75 Å². The lowest BCUT2D eigenvalue weighted by Crippen LogP contribution is -2.27. The Bertz CT molecular complexity index is 904. The molecule has 0 atom stereocenters. The summed E-state index contributed by atoms with van der Waals surface area (Å²) in [4.78, 5) is 36.5. The first-order valence-electron chi connectivity index (χ1n) is 8.71. The number of carbonyl (C=O) groups is 3. The average Bonchev–Trinajstić information content (AvgIpc) is 2.70. The fourth-order valence-corrected chi connectivity index (χ4v) is 2.74. The van der Waals surface area contributed by atoms with Gasteiger partial charge < -0.3 is 19.9 Å². The van der Waals surface area contributed by atoms with Crippen molar-refractivity contribution in [3.8, 4) is 16.9 Å². The third kappa shape index (κ3) is 4.49. The van der Waals surface area contributed by atoms with Crippen LogP contribution in [0.2, 0.25) is 0 Å². The van der Waals surface area contributed by atoms with Crippen molar-refractivity contribution in [2.45, 2.75) is 13.8 Å². The Hall–Kier alpha value is -3.35. The number of carbonyl (C=O) groups excluding carboxylic acids is 2. The first kappa shape index (κ1) is 21.0. The van der Waals surface area contributed by atoms with E-state index in [1.54, 1.807) is 12.1 Å². The van der Waals surface area contributed by atoms with Gasteiger partial charge >= 0.3 is 11.9 Å². The maximum absolute atomic E-state index is 12.4. The predicted octanol–water partition coefficient (Wildman–Crippen LogP) is 3.23. The van der Waals surface area contributed by atoms with E-state index in [1.165, 1.54) is 38.5 Å². The van der Waals surface area contributed by atoms with Crippen molar-refractivity contribution in [2.75, 3.05) is 20.8 Å². The van der Waals surface area contributed by atoms with Crippen LogP contribution in [0.25, 0.3) is 11.1 Å². The molecule has 0 heterocycles. The molecule has 1 amide bonds. The van der Waals surface area contributed by atoms with Crippen molar-refractivity contribution in [3.63, 3.8) is 0 Å². The maximum Gasteiger partial charge on any atom is 0.338 e. The van der Waals surface area contributed by atoms with E-state index in [4.69, 9.17) is 9.47 Å². The number of benzene rings is 2. The second kappa shape index (κ2) is 9.03. The van der Waals surface area contributed by atoms with Crippen LogP contribution in [0.1, 0.15) is 44.9 Å². The number of esters is 1. The van der Waals surface area contributed by atoms with Crippen molar-refractivity contribution >= 4 is 17.8 Å². The summed E-state index contributed by atoms with van der Waals surface area (Å²) in [5.41, 5.74) is 0.874. The lowest BCUT2D eigenvalue weighted by Gasteiger charge is -2.16. The summed E-state index contributed by atoms with van der Waals surface area (Å²) < 4.78 is 10.2. The van der Waals surface area contributed by atoms with Crippen LogP contribution in [0.3, 0.4) is 0 Å². The normalized spacial score (nSPS) is 10.5. The molecule has 0 saturated carbocycles. The van der Waals surface area contributed by atoms with Gasteiger partial charge in [-0.1, -0.05) is 26.0 Å². The van der Waals surface area contributed by atoms with Crippen LogP contribution in [0.4, 0.5) is 0 Å². The number of carboxylic acids is 1. The van der Waals surface area contributed by atoms with E-state index >= 15 is 0 Å². The largest absolute Gasteiger partial charge is 0.496 e. The number of rotatable bonds is 7. The molecule has 148 valence electrons. The molecule has 7 heteroatoms. The molecule has 28 heavy (non-hydrogen) atoms. The van der Waals surface area contributed by atoms with Gasteiger partial charge in [0.25, 0.3) is 5.91 Å². The first-order valence-corrected chi connectivity index (χ1v) is 8.71. The van der Waals surface area contributed by atoms with Crippen LogP contribution in [0.15, 0.2) is 36.4 Å². The summed E-state index contributed by atoms with van der Waals surface area (Å²) in [5.74, 6) is -1.61. The number of aromatic carboxylic acids is 1. The Morgan fingerprint density at radius 1 is 1.07 bits per heavy atom. The molecule has 0 spiro atoms. The summed E-state index contributed by atoms with van der Waals surface area (Å²) >= 11 is 0. The van der Waals surface area contributed by atoms with Crippen LogP contribution >= 0.6 is 0 Å². The zero-order valence-corrected chi connectivity index (χ0v) is 16.2. The number of hydrogen-bond donors (Lipinski definition) is 2. The highest BCUT2D eigenvalue weighted by Crippen LogP contribution is 2.36. The van der Waals surface area contributed by atoms with Gasteiger partial charge in [-0.15, -0.1) is 0 Å². The highest BCUT2D eigenvalue weighted by molar-refractivity contribution is 6.06. The SMILES string of the molecule is COC(=O)c1cc(C(=O)NCC(C)C)ccc1-c1c(OC)cccc1C(=O)O. The van der Waals surface area contributed by atoms with Gasteiger partial charge in [0, 0.05) is 23.2 Å². The van der Waals surface area contributed by atoms with Gasteiger partial charge in [0.05, 0.1) is 25.3 Å². The molecule has 0 aliphatic rings. The van der Waals surface area contributed by atoms with Crippen molar-refractivity contribution in [3.05, 3.63) is 53.1 Å². The van der Waals surface area contributed by atoms with E-state index in [2.05, 4.69) is 5.32 Å². The van der Waals surface area contributed by atoms with E-state index in [-0.39, 0.29) is 34.1 Å². The minimum Gasteiger partial charge on any atom is -0.496 e. The molecule has 2 aromatic carbocycles. The Morgan fingerprint density at radius 2 is 1.79 bits per heavy atom. The number of nitrogens with one attached hydrogen (secondary N) is 1. The number of amides is 1. The molecule has 2 aromatic rings.